The highest BCUT2D eigenvalue weighted by Crippen LogP contribution is 2.31. The highest BCUT2D eigenvalue weighted by atomic mass is 32.2. The van der Waals surface area contributed by atoms with Gasteiger partial charge in [0.15, 0.2) is 0 Å². The number of anilines is 3. The van der Waals surface area contributed by atoms with E-state index in [1.807, 2.05) is 0 Å². The summed E-state index contributed by atoms with van der Waals surface area (Å²) in [7, 11) is 3.53. The lowest BCUT2D eigenvalue weighted by Crippen LogP contribution is -2.13. The number of nitrogen functional groups attached to an aromatic ring is 1. The van der Waals surface area contributed by atoms with Crippen LogP contribution in [0.4, 0.5) is 17.3 Å². The van der Waals surface area contributed by atoms with Crippen LogP contribution < -0.4 is 20.5 Å². The first kappa shape index (κ1) is 19.5. The van der Waals surface area contributed by atoms with Gasteiger partial charge in [0.1, 0.15) is 34.7 Å². The fourth-order valence-corrected chi connectivity index (χ4v) is 3.23. The van der Waals surface area contributed by atoms with Crippen molar-refractivity contribution in [2.24, 2.45) is 7.05 Å². The second kappa shape index (κ2) is 8.15. The third-order valence-electron chi connectivity index (χ3n) is 3.94. The molecule has 1 unspecified atom stereocenters. The topological polar surface area (TPSA) is 144 Å². The van der Waals surface area contributed by atoms with Crippen molar-refractivity contribution in [3.8, 4) is 5.75 Å². The molecule has 0 bridgehead atoms. The molecule has 11 heteroatoms. The molecule has 0 aliphatic heterocycles. The zero-order valence-corrected chi connectivity index (χ0v) is 16.4. The van der Waals surface area contributed by atoms with Gasteiger partial charge in [0, 0.05) is 18.8 Å². The quantitative estimate of drug-likeness (QED) is 0.436. The van der Waals surface area contributed by atoms with Gasteiger partial charge in [0.2, 0.25) is 0 Å². The number of hydrogen-bond acceptors (Lipinski definition) is 8. The number of benzene rings is 1. The van der Waals surface area contributed by atoms with Gasteiger partial charge in [0.25, 0.3) is 0 Å². The Morgan fingerprint density at radius 2 is 2.14 bits per heavy atom. The molecule has 146 valence electrons. The highest BCUT2D eigenvalue weighted by molar-refractivity contribution is 7.83. The second-order valence-electron chi connectivity index (χ2n) is 5.72. The van der Waals surface area contributed by atoms with Crippen molar-refractivity contribution < 1.29 is 8.95 Å². The molecular weight excluding hydrogens is 380 g/mol. The Bertz CT molecular complexity index is 1050. The Hall–Kier alpha value is -3.31. The summed E-state index contributed by atoms with van der Waals surface area (Å²) in [6.07, 6.45) is 4.57. The van der Waals surface area contributed by atoms with E-state index in [2.05, 4.69) is 25.1 Å². The van der Waals surface area contributed by atoms with Crippen LogP contribution in [0.25, 0.3) is 0 Å². The lowest BCUT2D eigenvalue weighted by Gasteiger charge is -2.15. The Morgan fingerprint density at radius 1 is 1.36 bits per heavy atom. The van der Waals surface area contributed by atoms with E-state index in [1.165, 1.54) is 13.4 Å². The van der Waals surface area contributed by atoms with Crippen LogP contribution in [0.2, 0.25) is 0 Å². The third-order valence-corrected chi connectivity index (χ3v) is 5.00. The minimum absolute atomic E-state index is 0.127. The summed E-state index contributed by atoms with van der Waals surface area (Å²) in [5, 5.41) is 15.7. The Balaban J connectivity index is 2.05. The predicted molar refractivity (Wildman–Crippen MR) is 107 cm³/mol. The van der Waals surface area contributed by atoms with Crippen LogP contribution in [0.15, 0.2) is 41.8 Å². The minimum atomic E-state index is -1.37. The molecule has 0 saturated carbocycles. The van der Waals surface area contributed by atoms with E-state index in [4.69, 9.17) is 15.9 Å². The van der Waals surface area contributed by atoms with Crippen LogP contribution in [0.3, 0.4) is 0 Å². The summed E-state index contributed by atoms with van der Waals surface area (Å²) in [6, 6.07) is 5.08. The zero-order chi connectivity index (χ0) is 20.3. The Kier molecular flexibility index (Phi) is 5.66. The first-order valence-electron chi connectivity index (χ1n) is 8.17. The van der Waals surface area contributed by atoms with E-state index in [0.29, 0.717) is 33.3 Å². The summed E-state index contributed by atoms with van der Waals surface area (Å²) in [6.45, 7) is 0. The molecular formula is C17H20N8O2S. The molecule has 0 aliphatic carbocycles. The summed E-state index contributed by atoms with van der Waals surface area (Å²) in [5.74, 6) is 1.00. The molecule has 0 saturated heterocycles. The molecule has 5 N–H and O–H groups in total. The number of nitrogens with one attached hydrogen (secondary N) is 3. The maximum atomic E-state index is 12.1. The second-order valence-corrected chi connectivity index (χ2v) is 7.14. The van der Waals surface area contributed by atoms with E-state index in [0.717, 1.165) is 0 Å². The summed E-state index contributed by atoms with van der Waals surface area (Å²) < 4.78 is 21.7. The molecule has 0 spiro atoms. The van der Waals surface area contributed by atoms with Gasteiger partial charge < -0.3 is 15.8 Å². The standard InChI is InChI=1S/C17H20N8O2S/c1-20-28(26)11-4-5-13(27-3)12(6-11)24-17-14(16(19)21-9-22-17)15(18)10-7-23-25(2)8-10/h4-9,18,20H,1-3H3,(H3,19,21,22,24). The molecule has 0 fully saturated rings. The molecule has 1 aromatic carbocycles. The fraction of sp³-hybridized carbons (Fsp3) is 0.176. The van der Waals surface area contributed by atoms with Crippen molar-refractivity contribution in [2.75, 3.05) is 25.2 Å². The molecule has 0 radical (unpaired) electrons. The number of rotatable bonds is 7. The number of aryl methyl sites for hydroxylation is 1. The van der Waals surface area contributed by atoms with Crippen LogP contribution in [-0.2, 0) is 18.0 Å². The smallest absolute Gasteiger partial charge is 0.145 e. The maximum Gasteiger partial charge on any atom is 0.145 e. The third kappa shape index (κ3) is 3.85. The maximum absolute atomic E-state index is 12.1. The number of nitrogens with two attached hydrogens (primary N) is 1. The van der Waals surface area contributed by atoms with E-state index < -0.39 is 11.0 Å². The zero-order valence-electron chi connectivity index (χ0n) is 15.6. The van der Waals surface area contributed by atoms with E-state index in [9.17, 15) is 4.21 Å². The number of hydrogen-bond donors (Lipinski definition) is 4. The van der Waals surface area contributed by atoms with Gasteiger partial charge in [-0.3, -0.25) is 10.1 Å². The molecule has 1 atom stereocenters. The number of methoxy groups -OCH3 is 1. The van der Waals surface area contributed by atoms with E-state index >= 15 is 0 Å². The number of aromatic nitrogens is 4. The minimum Gasteiger partial charge on any atom is -0.495 e. The van der Waals surface area contributed by atoms with Gasteiger partial charge >= 0.3 is 0 Å². The van der Waals surface area contributed by atoms with Crippen molar-refractivity contribution in [1.82, 2.24) is 24.5 Å². The van der Waals surface area contributed by atoms with Gasteiger partial charge in [-0.15, -0.1) is 0 Å². The van der Waals surface area contributed by atoms with Crippen molar-refractivity contribution in [2.45, 2.75) is 4.90 Å². The van der Waals surface area contributed by atoms with E-state index in [1.54, 1.807) is 49.4 Å². The van der Waals surface area contributed by atoms with Crippen LogP contribution in [0.5, 0.6) is 5.75 Å². The molecule has 2 aromatic heterocycles. The van der Waals surface area contributed by atoms with Gasteiger partial charge in [-0.2, -0.15) is 5.10 Å². The lowest BCUT2D eigenvalue weighted by molar-refractivity contribution is 0.416. The monoisotopic (exact) mass is 400 g/mol. The molecule has 3 rings (SSSR count). The largest absolute Gasteiger partial charge is 0.495 e. The van der Waals surface area contributed by atoms with Crippen molar-refractivity contribution >= 4 is 34.0 Å². The normalized spacial score (nSPS) is 11.8. The summed E-state index contributed by atoms with van der Waals surface area (Å²) >= 11 is 0. The van der Waals surface area contributed by atoms with Crippen molar-refractivity contribution in [1.29, 1.82) is 5.41 Å². The number of nitrogens with zero attached hydrogens (tertiary/aromatic N) is 4. The average molecular weight is 400 g/mol. The highest BCUT2D eigenvalue weighted by Gasteiger charge is 2.19. The molecule has 0 aliphatic rings. The molecule has 0 amide bonds. The Labute approximate surface area is 164 Å². The summed E-state index contributed by atoms with van der Waals surface area (Å²) in [4.78, 5) is 8.80. The summed E-state index contributed by atoms with van der Waals surface area (Å²) in [5.41, 5.74) is 7.60. The first-order chi connectivity index (χ1) is 13.4. The van der Waals surface area contributed by atoms with Crippen LogP contribution in [0.1, 0.15) is 11.1 Å². The fourth-order valence-electron chi connectivity index (χ4n) is 2.58. The van der Waals surface area contributed by atoms with Gasteiger partial charge in [0.05, 0.1) is 35.2 Å². The number of ether oxygens (including phenoxy) is 1. The first-order valence-corrected chi connectivity index (χ1v) is 9.32. The molecule has 10 nitrogen and oxygen atoms in total. The average Bonchev–Trinajstić information content (AvgIpc) is 3.13. The SMILES string of the molecule is CNS(=O)c1ccc(OC)c(Nc2ncnc(N)c2C(=N)c2cnn(C)c2)c1. The Morgan fingerprint density at radius 3 is 2.79 bits per heavy atom. The van der Waals surface area contributed by atoms with Gasteiger partial charge in [-0.25, -0.2) is 18.9 Å². The van der Waals surface area contributed by atoms with Crippen molar-refractivity contribution in [3.05, 3.63) is 48.0 Å². The van der Waals surface area contributed by atoms with E-state index in [-0.39, 0.29) is 11.5 Å². The van der Waals surface area contributed by atoms with Crippen LogP contribution in [-0.4, -0.2) is 43.8 Å². The van der Waals surface area contributed by atoms with Crippen LogP contribution in [0, 0.1) is 5.41 Å². The van der Waals surface area contributed by atoms with Crippen molar-refractivity contribution in [3.63, 3.8) is 0 Å². The predicted octanol–water partition coefficient (Wildman–Crippen LogP) is 1.20. The molecule has 2 heterocycles. The van der Waals surface area contributed by atoms with Gasteiger partial charge in [-0.1, -0.05) is 0 Å². The van der Waals surface area contributed by atoms with Gasteiger partial charge in [-0.05, 0) is 25.2 Å². The molecule has 28 heavy (non-hydrogen) atoms. The molecule has 3 aromatic rings. The van der Waals surface area contributed by atoms with Crippen LogP contribution >= 0.6 is 0 Å². The lowest BCUT2D eigenvalue weighted by atomic mass is 10.1.